The number of ether oxygens (including phenoxy) is 1. The molecule has 2 fully saturated rings. The lowest BCUT2D eigenvalue weighted by Crippen LogP contribution is -2.39. The number of para-hydroxylation sites is 1. The maximum atomic E-state index is 12.3. The second-order valence-corrected chi connectivity index (χ2v) is 5.52. The monoisotopic (exact) mass is 276 g/mol. The summed E-state index contributed by atoms with van der Waals surface area (Å²) in [6.07, 6.45) is 1.55. The Labute approximate surface area is 118 Å². The van der Waals surface area contributed by atoms with Gasteiger partial charge in [-0.1, -0.05) is 12.1 Å². The molecule has 2 aliphatic rings. The maximum absolute atomic E-state index is 12.3. The van der Waals surface area contributed by atoms with E-state index >= 15 is 0 Å². The van der Waals surface area contributed by atoms with E-state index in [-0.39, 0.29) is 5.91 Å². The van der Waals surface area contributed by atoms with E-state index < -0.39 is 5.60 Å². The van der Waals surface area contributed by atoms with Crippen molar-refractivity contribution in [3.05, 3.63) is 29.8 Å². The Morgan fingerprint density at radius 3 is 2.70 bits per heavy atom. The van der Waals surface area contributed by atoms with E-state index in [1.54, 1.807) is 0 Å². The van der Waals surface area contributed by atoms with Crippen LogP contribution in [0, 0.1) is 0 Å². The topological polar surface area (TPSA) is 61.8 Å². The third-order valence-corrected chi connectivity index (χ3v) is 3.91. The molecule has 5 nitrogen and oxygen atoms in total. The molecule has 0 bridgehead atoms. The van der Waals surface area contributed by atoms with Crippen LogP contribution in [-0.4, -0.2) is 49.5 Å². The van der Waals surface area contributed by atoms with Crippen molar-refractivity contribution in [1.82, 2.24) is 5.32 Å². The number of aliphatic hydroxyl groups is 1. The van der Waals surface area contributed by atoms with E-state index in [1.165, 1.54) is 0 Å². The van der Waals surface area contributed by atoms with Gasteiger partial charge in [0.1, 0.15) is 0 Å². The summed E-state index contributed by atoms with van der Waals surface area (Å²) >= 11 is 0. The molecule has 0 radical (unpaired) electrons. The molecule has 0 atom stereocenters. The first-order valence-electron chi connectivity index (χ1n) is 7.10. The van der Waals surface area contributed by atoms with Gasteiger partial charge in [0.15, 0.2) is 0 Å². The molecular weight excluding hydrogens is 256 g/mol. The summed E-state index contributed by atoms with van der Waals surface area (Å²) in [4.78, 5) is 14.5. The van der Waals surface area contributed by atoms with Gasteiger partial charge in [0, 0.05) is 25.3 Å². The highest BCUT2D eigenvalue weighted by molar-refractivity contribution is 5.99. The number of carbonyl (C=O) groups excluding carboxylic acids is 1. The average molecular weight is 276 g/mol. The summed E-state index contributed by atoms with van der Waals surface area (Å²) in [6, 6.07) is 7.60. The molecule has 1 aliphatic heterocycles. The van der Waals surface area contributed by atoms with Crippen LogP contribution in [0.1, 0.15) is 23.2 Å². The van der Waals surface area contributed by atoms with Crippen LogP contribution in [0.4, 0.5) is 5.69 Å². The van der Waals surface area contributed by atoms with Gasteiger partial charge in [0.25, 0.3) is 5.91 Å². The molecule has 1 amide bonds. The molecule has 1 saturated carbocycles. The third kappa shape index (κ3) is 2.94. The fourth-order valence-electron chi connectivity index (χ4n) is 2.41. The number of benzene rings is 1. The van der Waals surface area contributed by atoms with E-state index in [4.69, 9.17) is 4.74 Å². The lowest BCUT2D eigenvalue weighted by Gasteiger charge is -2.30. The third-order valence-electron chi connectivity index (χ3n) is 3.91. The van der Waals surface area contributed by atoms with Gasteiger partial charge in [-0.25, -0.2) is 0 Å². The molecule has 1 heterocycles. The van der Waals surface area contributed by atoms with Gasteiger partial charge < -0.3 is 20.1 Å². The minimum Gasteiger partial charge on any atom is -0.388 e. The van der Waals surface area contributed by atoms with E-state index in [1.807, 2.05) is 24.3 Å². The number of amides is 1. The predicted molar refractivity (Wildman–Crippen MR) is 76.0 cm³/mol. The molecule has 0 spiro atoms. The number of carbonyl (C=O) groups is 1. The molecule has 0 unspecified atom stereocenters. The first-order valence-corrected chi connectivity index (χ1v) is 7.10. The molecule has 108 valence electrons. The molecule has 3 rings (SSSR count). The van der Waals surface area contributed by atoms with Crippen molar-refractivity contribution in [3.8, 4) is 0 Å². The Morgan fingerprint density at radius 2 is 2.00 bits per heavy atom. The van der Waals surface area contributed by atoms with Crippen molar-refractivity contribution in [2.24, 2.45) is 0 Å². The second kappa shape index (κ2) is 5.42. The quantitative estimate of drug-likeness (QED) is 0.853. The molecule has 20 heavy (non-hydrogen) atoms. The summed E-state index contributed by atoms with van der Waals surface area (Å²) in [5.41, 5.74) is 0.943. The summed E-state index contributed by atoms with van der Waals surface area (Å²) in [5, 5.41) is 12.6. The van der Waals surface area contributed by atoms with Gasteiger partial charge in [0.2, 0.25) is 0 Å². The Bertz CT molecular complexity index is 494. The number of anilines is 1. The van der Waals surface area contributed by atoms with Crippen molar-refractivity contribution in [1.29, 1.82) is 0 Å². The highest BCUT2D eigenvalue weighted by atomic mass is 16.5. The fourth-order valence-corrected chi connectivity index (χ4v) is 2.41. The average Bonchev–Trinajstić information content (AvgIpc) is 3.24. The molecule has 2 N–H and O–H groups in total. The lowest BCUT2D eigenvalue weighted by atomic mass is 10.1. The number of morpholine rings is 1. The van der Waals surface area contributed by atoms with Crippen molar-refractivity contribution in [2.45, 2.75) is 18.4 Å². The fraction of sp³-hybridized carbons (Fsp3) is 0.533. The highest BCUT2D eigenvalue weighted by Gasteiger charge is 2.40. The Hall–Kier alpha value is -1.59. The highest BCUT2D eigenvalue weighted by Crippen LogP contribution is 2.34. The second-order valence-electron chi connectivity index (χ2n) is 5.52. The number of nitrogens with zero attached hydrogens (tertiary/aromatic N) is 1. The maximum Gasteiger partial charge on any atom is 0.253 e. The van der Waals surface area contributed by atoms with Crippen molar-refractivity contribution >= 4 is 11.6 Å². The zero-order chi connectivity index (χ0) is 14.0. The summed E-state index contributed by atoms with van der Waals surface area (Å²) in [6.45, 7) is 3.32. The minimum absolute atomic E-state index is 0.118. The van der Waals surface area contributed by atoms with Crippen LogP contribution in [0.25, 0.3) is 0 Å². The SMILES string of the molecule is O=C(NCC1(O)CC1)c1ccccc1N1CCOCC1. The van der Waals surface area contributed by atoms with E-state index in [0.717, 1.165) is 31.6 Å². The normalized spacial score (nSPS) is 20.6. The van der Waals surface area contributed by atoms with Gasteiger partial charge in [-0.15, -0.1) is 0 Å². The van der Waals surface area contributed by atoms with Crippen molar-refractivity contribution < 1.29 is 14.6 Å². The minimum atomic E-state index is -0.663. The van der Waals surface area contributed by atoms with Crippen LogP contribution < -0.4 is 10.2 Å². The Balaban J connectivity index is 1.72. The molecule has 1 saturated heterocycles. The predicted octanol–water partition coefficient (Wildman–Crippen LogP) is 0.778. The molecule has 0 aromatic heterocycles. The van der Waals surface area contributed by atoms with Crippen LogP contribution in [-0.2, 0) is 4.74 Å². The largest absolute Gasteiger partial charge is 0.388 e. The smallest absolute Gasteiger partial charge is 0.253 e. The summed E-state index contributed by atoms with van der Waals surface area (Å²) in [7, 11) is 0. The number of rotatable bonds is 4. The molecule has 1 aromatic carbocycles. The first-order chi connectivity index (χ1) is 9.68. The molecule has 5 heteroatoms. The van der Waals surface area contributed by atoms with Gasteiger partial charge in [0.05, 0.1) is 24.4 Å². The lowest BCUT2D eigenvalue weighted by molar-refractivity contribution is 0.0895. The zero-order valence-corrected chi connectivity index (χ0v) is 11.5. The Kier molecular flexibility index (Phi) is 3.63. The van der Waals surface area contributed by atoms with Crippen LogP contribution >= 0.6 is 0 Å². The number of hydrogen-bond donors (Lipinski definition) is 2. The molecular formula is C15H20N2O3. The van der Waals surface area contributed by atoms with Crippen LogP contribution in [0.5, 0.6) is 0 Å². The first kappa shape index (κ1) is 13.4. The number of nitrogens with one attached hydrogen (secondary N) is 1. The number of hydrogen-bond acceptors (Lipinski definition) is 4. The van der Waals surface area contributed by atoms with Gasteiger partial charge in [-0.3, -0.25) is 4.79 Å². The molecule has 1 aliphatic carbocycles. The van der Waals surface area contributed by atoms with Crippen molar-refractivity contribution in [3.63, 3.8) is 0 Å². The summed E-state index contributed by atoms with van der Waals surface area (Å²) < 4.78 is 5.35. The standard InChI is InChI=1S/C15H20N2O3/c18-14(16-11-15(19)5-6-15)12-3-1-2-4-13(12)17-7-9-20-10-8-17/h1-4,19H,5-11H2,(H,16,18). The Morgan fingerprint density at radius 1 is 1.30 bits per heavy atom. The van der Waals surface area contributed by atoms with E-state index in [0.29, 0.717) is 25.3 Å². The van der Waals surface area contributed by atoms with E-state index in [9.17, 15) is 9.90 Å². The van der Waals surface area contributed by atoms with Crippen molar-refractivity contribution in [2.75, 3.05) is 37.7 Å². The van der Waals surface area contributed by atoms with Crippen LogP contribution in [0.3, 0.4) is 0 Å². The molecule has 1 aromatic rings. The van der Waals surface area contributed by atoms with Crippen LogP contribution in [0.2, 0.25) is 0 Å². The van der Waals surface area contributed by atoms with Gasteiger partial charge in [-0.2, -0.15) is 0 Å². The van der Waals surface area contributed by atoms with Gasteiger partial charge >= 0.3 is 0 Å². The van der Waals surface area contributed by atoms with Crippen LogP contribution in [0.15, 0.2) is 24.3 Å². The summed E-state index contributed by atoms with van der Waals surface area (Å²) in [5.74, 6) is -0.118. The van der Waals surface area contributed by atoms with E-state index in [2.05, 4.69) is 10.2 Å². The van der Waals surface area contributed by atoms with Gasteiger partial charge in [-0.05, 0) is 25.0 Å². The zero-order valence-electron chi connectivity index (χ0n) is 11.5.